The summed E-state index contributed by atoms with van der Waals surface area (Å²) in [5, 5.41) is 11.5. The maximum atomic E-state index is 13.6. The minimum absolute atomic E-state index is 0.0350. The molecule has 7 nitrogen and oxygen atoms in total. The molecule has 30 heavy (non-hydrogen) atoms. The van der Waals surface area contributed by atoms with Crippen LogP contribution in [0.5, 0.6) is 0 Å². The van der Waals surface area contributed by atoms with Crippen LogP contribution >= 0.6 is 22.9 Å². The lowest BCUT2D eigenvalue weighted by Gasteiger charge is -2.20. The molecule has 4 rings (SSSR count). The van der Waals surface area contributed by atoms with Crippen molar-refractivity contribution in [3.63, 3.8) is 0 Å². The molecule has 0 N–H and O–H groups in total. The van der Waals surface area contributed by atoms with E-state index in [1.807, 2.05) is 0 Å². The predicted molar refractivity (Wildman–Crippen MR) is 112 cm³/mol. The number of amides is 1. The number of hydrogen-bond acceptors (Lipinski definition) is 6. The fourth-order valence-corrected chi connectivity index (χ4v) is 4.00. The van der Waals surface area contributed by atoms with Crippen molar-refractivity contribution in [2.75, 3.05) is 4.90 Å². The molecule has 0 saturated carbocycles. The van der Waals surface area contributed by atoms with Crippen molar-refractivity contribution in [3.05, 3.63) is 93.0 Å². The topological polar surface area (TPSA) is 89.2 Å². The summed E-state index contributed by atoms with van der Waals surface area (Å²) in [6.45, 7) is 0.0565. The number of fused-ring (bicyclic) bond motifs is 1. The highest BCUT2D eigenvalue weighted by atomic mass is 35.5. The number of nitro benzene ring substituents is 1. The van der Waals surface area contributed by atoms with Gasteiger partial charge in [-0.1, -0.05) is 29.0 Å². The predicted octanol–water partition coefficient (Wildman–Crippen LogP) is 5.24. The van der Waals surface area contributed by atoms with Crippen molar-refractivity contribution in [2.45, 2.75) is 6.54 Å². The molecule has 0 aliphatic heterocycles. The molecule has 1 amide bonds. The number of aromatic nitrogens is 2. The molecular weight excluding hydrogens is 431 g/mol. The van der Waals surface area contributed by atoms with Crippen LogP contribution in [0.1, 0.15) is 16.1 Å². The zero-order valence-corrected chi connectivity index (χ0v) is 16.7. The van der Waals surface area contributed by atoms with Crippen molar-refractivity contribution in [3.8, 4) is 0 Å². The number of non-ortho nitro benzene ring substituents is 1. The number of hydrogen-bond donors (Lipinski definition) is 0. The van der Waals surface area contributed by atoms with Gasteiger partial charge in [-0.25, -0.2) is 9.37 Å². The van der Waals surface area contributed by atoms with E-state index >= 15 is 0 Å². The Bertz CT molecular complexity index is 1270. The number of pyridine rings is 1. The summed E-state index contributed by atoms with van der Waals surface area (Å²) in [4.78, 5) is 33.9. The number of halogens is 2. The molecule has 150 valence electrons. The van der Waals surface area contributed by atoms with Crippen LogP contribution in [0.4, 0.5) is 15.2 Å². The number of rotatable bonds is 5. The van der Waals surface area contributed by atoms with E-state index in [4.69, 9.17) is 11.6 Å². The number of nitro groups is 1. The van der Waals surface area contributed by atoms with Crippen LogP contribution in [0.3, 0.4) is 0 Å². The highest BCUT2D eigenvalue weighted by molar-refractivity contribution is 7.22. The Morgan fingerprint density at radius 3 is 2.77 bits per heavy atom. The Morgan fingerprint density at radius 1 is 1.20 bits per heavy atom. The molecule has 0 radical (unpaired) electrons. The fourth-order valence-electron chi connectivity index (χ4n) is 2.82. The number of anilines is 1. The van der Waals surface area contributed by atoms with Gasteiger partial charge in [0.25, 0.3) is 11.6 Å². The number of benzene rings is 2. The fraction of sp³-hybridized carbons (Fsp3) is 0.0500. The van der Waals surface area contributed by atoms with E-state index in [-0.39, 0.29) is 22.8 Å². The average molecular weight is 443 g/mol. The van der Waals surface area contributed by atoms with E-state index < -0.39 is 16.6 Å². The van der Waals surface area contributed by atoms with Crippen LogP contribution < -0.4 is 4.90 Å². The number of carbonyl (C=O) groups is 1. The Kier molecular flexibility index (Phi) is 5.39. The molecule has 0 unspecified atom stereocenters. The molecule has 0 bridgehead atoms. The zero-order chi connectivity index (χ0) is 21.3. The van der Waals surface area contributed by atoms with E-state index in [1.54, 1.807) is 24.4 Å². The number of nitrogens with zero attached hydrogens (tertiary/aromatic N) is 4. The molecule has 0 aliphatic rings. The van der Waals surface area contributed by atoms with Crippen LogP contribution in [0, 0.1) is 15.9 Å². The van der Waals surface area contributed by atoms with Gasteiger partial charge in [0, 0.05) is 18.3 Å². The van der Waals surface area contributed by atoms with E-state index in [1.165, 1.54) is 35.2 Å². The van der Waals surface area contributed by atoms with Crippen molar-refractivity contribution < 1.29 is 14.1 Å². The van der Waals surface area contributed by atoms with E-state index in [0.29, 0.717) is 21.0 Å². The number of thiazole rings is 1. The van der Waals surface area contributed by atoms with Crippen LogP contribution in [0.15, 0.2) is 60.8 Å². The highest BCUT2D eigenvalue weighted by Gasteiger charge is 2.26. The van der Waals surface area contributed by atoms with E-state index in [2.05, 4.69) is 9.97 Å². The third kappa shape index (κ3) is 3.98. The summed E-state index contributed by atoms with van der Waals surface area (Å²) in [5.74, 6) is -0.990. The molecule has 10 heteroatoms. The molecule has 0 saturated heterocycles. The smallest absolute Gasteiger partial charge is 0.270 e. The lowest BCUT2D eigenvalue weighted by molar-refractivity contribution is -0.384. The van der Waals surface area contributed by atoms with Gasteiger partial charge in [-0.05, 0) is 36.4 Å². The Labute approximate surface area is 178 Å². The lowest BCUT2D eigenvalue weighted by Crippen LogP contribution is -2.31. The minimum Gasteiger partial charge on any atom is -0.278 e. The summed E-state index contributed by atoms with van der Waals surface area (Å²) >= 11 is 7.30. The SMILES string of the molecule is O=C(c1cc([N+](=O)[O-])ccc1Cl)N(Cc1ccccn1)c1nc2ccc(F)cc2s1. The normalized spacial score (nSPS) is 10.9. The highest BCUT2D eigenvalue weighted by Crippen LogP contribution is 2.32. The molecule has 0 aliphatic carbocycles. The Balaban J connectivity index is 1.81. The Hall–Kier alpha value is -3.43. The van der Waals surface area contributed by atoms with E-state index in [0.717, 1.165) is 17.4 Å². The first kappa shape index (κ1) is 19.9. The van der Waals surface area contributed by atoms with Crippen molar-refractivity contribution in [2.24, 2.45) is 0 Å². The zero-order valence-electron chi connectivity index (χ0n) is 15.2. The molecule has 4 aromatic rings. The van der Waals surface area contributed by atoms with Gasteiger partial charge in [-0.15, -0.1) is 0 Å². The summed E-state index contributed by atoms with van der Waals surface area (Å²) in [5.41, 5.74) is 0.817. The van der Waals surface area contributed by atoms with Gasteiger partial charge in [0.05, 0.1) is 38.0 Å². The maximum Gasteiger partial charge on any atom is 0.270 e. The first-order chi connectivity index (χ1) is 14.4. The third-order valence-electron chi connectivity index (χ3n) is 4.25. The summed E-state index contributed by atoms with van der Waals surface area (Å²) in [7, 11) is 0. The van der Waals surface area contributed by atoms with Crippen molar-refractivity contribution in [1.82, 2.24) is 9.97 Å². The average Bonchev–Trinajstić information content (AvgIpc) is 3.15. The first-order valence-corrected chi connectivity index (χ1v) is 9.83. The van der Waals surface area contributed by atoms with Gasteiger partial charge in [0.15, 0.2) is 5.13 Å². The van der Waals surface area contributed by atoms with Crippen molar-refractivity contribution in [1.29, 1.82) is 0 Å². The van der Waals surface area contributed by atoms with Gasteiger partial charge < -0.3 is 0 Å². The maximum absolute atomic E-state index is 13.6. The lowest BCUT2D eigenvalue weighted by atomic mass is 10.1. The van der Waals surface area contributed by atoms with Crippen molar-refractivity contribution >= 4 is 49.9 Å². The van der Waals surface area contributed by atoms with Crippen LogP contribution in [-0.2, 0) is 6.54 Å². The van der Waals surface area contributed by atoms with Crippen LogP contribution in [0.25, 0.3) is 10.2 Å². The van der Waals surface area contributed by atoms with Crippen LogP contribution in [0.2, 0.25) is 5.02 Å². The quantitative estimate of drug-likeness (QED) is 0.311. The number of carbonyl (C=O) groups excluding carboxylic acids is 1. The third-order valence-corrected chi connectivity index (χ3v) is 5.62. The largest absolute Gasteiger partial charge is 0.278 e. The second kappa shape index (κ2) is 8.13. The molecule has 0 fully saturated rings. The van der Waals surface area contributed by atoms with Gasteiger partial charge in [0.1, 0.15) is 5.82 Å². The first-order valence-electron chi connectivity index (χ1n) is 8.64. The van der Waals surface area contributed by atoms with Gasteiger partial charge in [-0.2, -0.15) is 0 Å². The van der Waals surface area contributed by atoms with E-state index in [9.17, 15) is 19.3 Å². The molecule has 0 spiro atoms. The summed E-state index contributed by atoms with van der Waals surface area (Å²) in [6, 6.07) is 13.1. The molecule has 0 atom stereocenters. The van der Waals surface area contributed by atoms with Gasteiger partial charge >= 0.3 is 0 Å². The Morgan fingerprint density at radius 2 is 2.03 bits per heavy atom. The van der Waals surface area contributed by atoms with Gasteiger partial charge in [-0.3, -0.25) is 24.8 Å². The molecular formula is C20H12ClFN4O3S. The second-order valence-electron chi connectivity index (χ2n) is 6.24. The summed E-state index contributed by atoms with van der Waals surface area (Å²) < 4.78 is 14.2. The minimum atomic E-state index is -0.601. The molecule has 2 aromatic carbocycles. The second-order valence-corrected chi connectivity index (χ2v) is 7.66. The van der Waals surface area contributed by atoms with Crippen LogP contribution in [-0.4, -0.2) is 20.8 Å². The standard InChI is InChI=1S/C20H12ClFN4O3S/c21-16-6-5-14(26(28)29)10-15(16)19(27)25(11-13-3-1-2-8-23-13)20-24-17-7-4-12(22)9-18(17)30-20/h1-10H,11H2. The molecule has 2 aromatic heterocycles. The van der Waals surface area contributed by atoms with Gasteiger partial charge in [0.2, 0.25) is 0 Å². The summed E-state index contributed by atoms with van der Waals surface area (Å²) in [6.07, 6.45) is 1.59. The monoisotopic (exact) mass is 442 g/mol. The molecule has 2 heterocycles.